The highest BCUT2D eigenvalue weighted by molar-refractivity contribution is 7.51. The Hall–Kier alpha value is -0.420. The van der Waals surface area contributed by atoms with Gasteiger partial charge in [-0.25, -0.2) is 4.57 Å². The SMILES string of the molecule is CC(C)OP(=O)(OC(C)C)N1C[C@@H]2C[C@H]1C(=O)O2. The van der Waals surface area contributed by atoms with E-state index in [1.165, 1.54) is 0 Å². The molecule has 0 spiro atoms. The summed E-state index contributed by atoms with van der Waals surface area (Å²) in [6.07, 6.45) is -0.0667. The van der Waals surface area contributed by atoms with Crippen LogP contribution in [-0.2, 0) is 23.1 Å². The van der Waals surface area contributed by atoms with Gasteiger partial charge in [-0.15, -0.1) is 0 Å². The van der Waals surface area contributed by atoms with Crippen molar-refractivity contribution in [2.24, 2.45) is 0 Å². The third kappa shape index (κ3) is 2.62. The summed E-state index contributed by atoms with van der Waals surface area (Å²) in [5, 5.41) is 0. The highest BCUT2D eigenvalue weighted by atomic mass is 31.2. The van der Waals surface area contributed by atoms with Crippen LogP contribution in [0.4, 0.5) is 0 Å². The topological polar surface area (TPSA) is 65.1 Å². The Labute approximate surface area is 107 Å². The maximum Gasteiger partial charge on any atom is 0.409 e. The molecule has 6 nitrogen and oxygen atoms in total. The van der Waals surface area contributed by atoms with Gasteiger partial charge in [0.1, 0.15) is 12.1 Å². The number of hydrogen-bond acceptors (Lipinski definition) is 5. The Balaban J connectivity index is 2.19. The Morgan fingerprint density at radius 2 is 1.83 bits per heavy atom. The third-order valence-electron chi connectivity index (χ3n) is 2.79. The molecule has 2 aliphatic heterocycles. The first kappa shape index (κ1) is 14.0. The molecule has 0 unspecified atom stereocenters. The van der Waals surface area contributed by atoms with E-state index in [-0.39, 0.29) is 24.3 Å². The van der Waals surface area contributed by atoms with Crippen LogP contribution in [0.3, 0.4) is 0 Å². The van der Waals surface area contributed by atoms with Gasteiger partial charge in [0, 0.05) is 13.0 Å². The minimum absolute atomic E-state index is 0.178. The predicted molar refractivity (Wildman–Crippen MR) is 65.0 cm³/mol. The van der Waals surface area contributed by atoms with E-state index in [1.807, 2.05) is 0 Å². The van der Waals surface area contributed by atoms with E-state index < -0.39 is 13.8 Å². The quantitative estimate of drug-likeness (QED) is 0.565. The number of esters is 1. The van der Waals surface area contributed by atoms with Crippen molar-refractivity contribution in [1.82, 2.24) is 4.67 Å². The monoisotopic (exact) mass is 277 g/mol. The van der Waals surface area contributed by atoms with Gasteiger partial charge >= 0.3 is 13.7 Å². The van der Waals surface area contributed by atoms with E-state index in [4.69, 9.17) is 13.8 Å². The molecule has 0 amide bonds. The molecule has 2 saturated heterocycles. The van der Waals surface area contributed by atoms with E-state index in [0.29, 0.717) is 13.0 Å². The molecule has 2 rings (SSSR count). The van der Waals surface area contributed by atoms with Crippen LogP contribution in [0.25, 0.3) is 0 Å². The first-order chi connectivity index (χ1) is 8.32. The lowest BCUT2D eigenvalue weighted by atomic mass is 10.2. The van der Waals surface area contributed by atoms with Crippen LogP contribution in [0.5, 0.6) is 0 Å². The fourth-order valence-electron chi connectivity index (χ4n) is 2.28. The van der Waals surface area contributed by atoms with Crippen molar-refractivity contribution in [2.45, 2.75) is 58.5 Å². The summed E-state index contributed by atoms with van der Waals surface area (Å²) in [5.41, 5.74) is 0. The molecule has 2 fully saturated rings. The number of rotatable bonds is 5. The van der Waals surface area contributed by atoms with Crippen molar-refractivity contribution in [3.8, 4) is 0 Å². The lowest BCUT2D eigenvalue weighted by molar-refractivity contribution is -0.149. The van der Waals surface area contributed by atoms with Gasteiger partial charge in [-0.05, 0) is 27.7 Å². The molecule has 2 aliphatic rings. The zero-order valence-electron chi connectivity index (χ0n) is 11.2. The fraction of sp³-hybridized carbons (Fsp3) is 0.909. The lowest BCUT2D eigenvalue weighted by Crippen LogP contribution is -2.40. The molecule has 104 valence electrons. The average Bonchev–Trinajstić information content (AvgIpc) is 2.72. The highest BCUT2D eigenvalue weighted by Gasteiger charge is 2.55. The van der Waals surface area contributed by atoms with Crippen LogP contribution in [0.1, 0.15) is 34.1 Å². The van der Waals surface area contributed by atoms with E-state index in [1.54, 1.807) is 32.4 Å². The summed E-state index contributed by atoms with van der Waals surface area (Å²) >= 11 is 0. The Morgan fingerprint density at radius 1 is 1.28 bits per heavy atom. The van der Waals surface area contributed by atoms with Gasteiger partial charge in [-0.3, -0.25) is 13.8 Å². The molecule has 2 heterocycles. The second-order valence-electron chi connectivity index (χ2n) is 5.21. The number of hydrogen-bond donors (Lipinski definition) is 0. The van der Waals surface area contributed by atoms with Gasteiger partial charge in [0.2, 0.25) is 0 Å². The number of nitrogens with zero attached hydrogens (tertiary/aromatic N) is 1. The normalized spacial score (nSPS) is 28.4. The molecule has 18 heavy (non-hydrogen) atoms. The van der Waals surface area contributed by atoms with Crippen LogP contribution >= 0.6 is 7.75 Å². The molecule has 2 bridgehead atoms. The maximum absolute atomic E-state index is 12.8. The molecule has 0 aromatic heterocycles. The van der Waals surface area contributed by atoms with Crippen molar-refractivity contribution in [3.05, 3.63) is 0 Å². The average molecular weight is 277 g/mol. The van der Waals surface area contributed by atoms with Gasteiger partial charge in [0.25, 0.3) is 0 Å². The number of carbonyl (C=O) groups excluding carboxylic acids is 1. The molecule has 0 aromatic carbocycles. The minimum Gasteiger partial charge on any atom is -0.460 e. The molecule has 0 radical (unpaired) electrons. The fourth-order valence-corrected chi connectivity index (χ4v) is 4.55. The van der Waals surface area contributed by atoms with E-state index in [9.17, 15) is 9.36 Å². The highest BCUT2D eigenvalue weighted by Crippen LogP contribution is 2.58. The molecule has 0 aliphatic carbocycles. The van der Waals surface area contributed by atoms with Crippen molar-refractivity contribution in [1.29, 1.82) is 0 Å². The minimum atomic E-state index is -3.43. The summed E-state index contributed by atoms with van der Waals surface area (Å²) in [5.74, 6) is -0.328. The van der Waals surface area contributed by atoms with Gasteiger partial charge in [0.05, 0.1) is 12.2 Å². The molecular formula is C11H20NO5P. The second kappa shape index (κ2) is 4.93. The smallest absolute Gasteiger partial charge is 0.409 e. The van der Waals surface area contributed by atoms with Crippen molar-refractivity contribution < 1.29 is 23.1 Å². The van der Waals surface area contributed by atoms with Crippen LogP contribution in [0.2, 0.25) is 0 Å². The van der Waals surface area contributed by atoms with E-state index in [2.05, 4.69) is 0 Å². The van der Waals surface area contributed by atoms with Gasteiger partial charge in [-0.2, -0.15) is 4.67 Å². The third-order valence-corrected chi connectivity index (χ3v) is 5.24. The van der Waals surface area contributed by atoms with Gasteiger partial charge in [0.15, 0.2) is 0 Å². The molecule has 0 aromatic rings. The van der Waals surface area contributed by atoms with Crippen LogP contribution < -0.4 is 0 Å². The predicted octanol–water partition coefficient (Wildman–Crippen LogP) is 1.94. The first-order valence-electron chi connectivity index (χ1n) is 6.26. The first-order valence-corrected chi connectivity index (χ1v) is 7.76. The Morgan fingerprint density at radius 3 is 2.22 bits per heavy atom. The molecule has 7 heteroatoms. The van der Waals surface area contributed by atoms with Crippen LogP contribution in [-0.4, -0.2) is 41.5 Å². The Kier molecular flexibility index (Phi) is 3.83. The molecule has 0 N–H and O–H groups in total. The zero-order valence-corrected chi connectivity index (χ0v) is 12.1. The van der Waals surface area contributed by atoms with Crippen LogP contribution in [0.15, 0.2) is 0 Å². The second-order valence-corrected chi connectivity index (χ2v) is 7.08. The zero-order chi connectivity index (χ0) is 13.5. The molecular weight excluding hydrogens is 257 g/mol. The summed E-state index contributed by atoms with van der Waals surface area (Å²) in [4.78, 5) is 11.6. The largest absolute Gasteiger partial charge is 0.460 e. The number of fused-ring (bicyclic) bond motifs is 2. The standard InChI is InChI=1S/C11H20NO5P/c1-7(2)16-18(14,17-8(3)4)12-6-9-5-10(12)11(13)15-9/h7-10H,5-6H2,1-4H3/t9-,10-/m0/s1. The Bertz CT molecular complexity index is 370. The number of carbonyl (C=O) groups is 1. The molecule has 0 saturated carbocycles. The summed E-state index contributed by atoms with van der Waals surface area (Å²) in [6.45, 7) is 7.60. The van der Waals surface area contributed by atoms with Crippen molar-refractivity contribution >= 4 is 13.7 Å². The number of ether oxygens (including phenoxy) is 1. The van der Waals surface area contributed by atoms with Crippen molar-refractivity contribution in [3.63, 3.8) is 0 Å². The van der Waals surface area contributed by atoms with Gasteiger partial charge in [-0.1, -0.05) is 0 Å². The molecule has 2 atom stereocenters. The summed E-state index contributed by atoms with van der Waals surface area (Å²) in [7, 11) is -3.43. The maximum atomic E-state index is 12.8. The lowest BCUT2D eigenvalue weighted by Gasteiger charge is -2.33. The van der Waals surface area contributed by atoms with Crippen molar-refractivity contribution in [2.75, 3.05) is 6.54 Å². The number of morpholine rings is 1. The van der Waals surface area contributed by atoms with E-state index >= 15 is 0 Å². The van der Waals surface area contributed by atoms with Crippen LogP contribution in [0, 0.1) is 0 Å². The van der Waals surface area contributed by atoms with Gasteiger partial charge < -0.3 is 4.74 Å². The summed E-state index contributed by atoms with van der Waals surface area (Å²) in [6, 6.07) is -0.488. The van der Waals surface area contributed by atoms with E-state index in [0.717, 1.165) is 0 Å². The summed E-state index contributed by atoms with van der Waals surface area (Å²) < 4.78 is 30.4.